The van der Waals surface area contributed by atoms with Gasteiger partial charge in [0, 0.05) is 30.1 Å². The molecule has 1 aliphatic carbocycles. The Labute approximate surface area is 109 Å². The molecular formula is C16H22N2. The smallest absolute Gasteiger partial charge is 0.0512 e. The summed E-state index contributed by atoms with van der Waals surface area (Å²) in [6, 6.07) is 4.61. The molecule has 1 heterocycles. The van der Waals surface area contributed by atoms with Crippen LogP contribution in [0.1, 0.15) is 35.2 Å². The van der Waals surface area contributed by atoms with Crippen LogP contribution in [0, 0.1) is 20.8 Å². The van der Waals surface area contributed by atoms with Crippen LogP contribution >= 0.6 is 0 Å². The molecule has 1 fully saturated rings. The van der Waals surface area contributed by atoms with Crippen LogP contribution in [0.5, 0.6) is 0 Å². The highest BCUT2D eigenvalue weighted by atomic mass is 15.0. The number of aryl methyl sites for hydroxylation is 3. The summed E-state index contributed by atoms with van der Waals surface area (Å²) in [7, 11) is 2.18. The quantitative estimate of drug-likeness (QED) is 0.862. The van der Waals surface area contributed by atoms with E-state index in [0.29, 0.717) is 0 Å². The molecule has 0 amide bonds. The second-order valence-electron chi connectivity index (χ2n) is 5.98. The van der Waals surface area contributed by atoms with Crippen molar-refractivity contribution in [2.75, 3.05) is 6.54 Å². The number of nitrogens with two attached hydrogens (primary N) is 1. The summed E-state index contributed by atoms with van der Waals surface area (Å²) < 4.78 is 2.34. The number of fused-ring (bicyclic) bond motifs is 1. The summed E-state index contributed by atoms with van der Waals surface area (Å²) in [6.07, 6.45) is 2.49. The van der Waals surface area contributed by atoms with Gasteiger partial charge in [0.1, 0.15) is 0 Å². The summed E-state index contributed by atoms with van der Waals surface area (Å²) in [5.74, 6) is 0. The molecule has 0 aliphatic heterocycles. The Hall–Kier alpha value is -1.28. The van der Waals surface area contributed by atoms with Crippen molar-refractivity contribution in [2.45, 2.75) is 39.0 Å². The largest absolute Gasteiger partial charge is 0.347 e. The fourth-order valence-corrected chi connectivity index (χ4v) is 3.50. The van der Waals surface area contributed by atoms with Gasteiger partial charge < -0.3 is 10.3 Å². The minimum absolute atomic E-state index is 0.268. The van der Waals surface area contributed by atoms with Gasteiger partial charge in [-0.1, -0.05) is 11.6 Å². The predicted octanol–water partition coefficient (Wildman–Crippen LogP) is 3.09. The van der Waals surface area contributed by atoms with Gasteiger partial charge in [0.05, 0.1) is 5.52 Å². The summed E-state index contributed by atoms with van der Waals surface area (Å²) in [6.45, 7) is 7.40. The van der Waals surface area contributed by atoms with Gasteiger partial charge in [-0.05, 0) is 50.8 Å². The van der Waals surface area contributed by atoms with Crippen molar-refractivity contribution in [1.82, 2.24) is 4.57 Å². The molecule has 0 spiro atoms. The molecule has 0 unspecified atom stereocenters. The molecule has 18 heavy (non-hydrogen) atoms. The van der Waals surface area contributed by atoms with Gasteiger partial charge in [-0.15, -0.1) is 0 Å². The minimum atomic E-state index is 0.268. The first kappa shape index (κ1) is 11.8. The van der Waals surface area contributed by atoms with Crippen LogP contribution in [0.15, 0.2) is 12.1 Å². The van der Waals surface area contributed by atoms with Gasteiger partial charge in [0.15, 0.2) is 0 Å². The number of hydrogen-bond donors (Lipinski definition) is 1. The van der Waals surface area contributed by atoms with E-state index in [4.69, 9.17) is 5.73 Å². The molecule has 0 saturated heterocycles. The van der Waals surface area contributed by atoms with Crippen molar-refractivity contribution in [3.63, 3.8) is 0 Å². The standard InChI is InChI=1S/C16H22N2/c1-10-7-11(2)15-13(8-10)14(12(3)18(15)4)16(9-17)5-6-16/h7-8H,5-6,9,17H2,1-4H3. The third-order valence-electron chi connectivity index (χ3n) is 4.69. The van der Waals surface area contributed by atoms with Gasteiger partial charge >= 0.3 is 0 Å². The van der Waals surface area contributed by atoms with Crippen LogP contribution < -0.4 is 5.73 Å². The molecule has 0 radical (unpaired) electrons. The first-order valence-electron chi connectivity index (χ1n) is 6.77. The maximum absolute atomic E-state index is 6.04. The average molecular weight is 242 g/mol. The molecule has 1 saturated carbocycles. The van der Waals surface area contributed by atoms with E-state index in [1.54, 1.807) is 0 Å². The van der Waals surface area contributed by atoms with E-state index in [2.05, 4.69) is 44.5 Å². The molecule has 0 bridgehead atoms. The molecule has 2 heteroatoms. The van der Waals surface area contributed by atoms with Gasteiger partial charge in [-0.2, -0.15) is 0 Å². The second kappa shape index (κ2) is 3.61. The Morgan fingerprint density at radius 2 is 1.89 bits per heavy atom. The van der Waals surface area contributed by atoms with Crippen molar-refractivity contribution in [1.29, 1.82) is 0 Å². The lowest BCUT2D eigenvalue weighted by molar-refractivity contribution is 0.697. The van der Waals surface area contributed by atoms with E-state index < -0.39 is 0 Å². The lowest BCUT2D eigenvalue weighted by Gasteiger charge is -2.13. The fourth-order valence-electron chi connectivity index (χ4n) is 3.50. The molecule has 1 aromatic carbocycles. The molecule has 3 rings (SSSR count). The zero-order valence-electron chi connectivity index (χ0n) is 11.8. The Morgan fingerprint density at radius 1 is 1.22 bits per heavy atom. The van der Waals surface area contributed by atoms with E-state index in [-0.39, 0.29) is 5.41 Å². The summed E-state index contributed by atoms with van der Waals surface area (Å²) in [5.41, 5.74) is 13.3. The predicted molar refractivity (Wildman–Crippen MR) is 77.1 cm³/mol. The minimum Gasteiger partial charge on any atom is -0.347 e. The lowest BCUT2D eigenvalue weighted by atomic mass is 9.92. The Bertz CT molecular complexity index is 630. The zero-order valence-corrected chi connectivity index (χ0v) is 11.8. The van der Waals surface area contributed by atoms with E-state index in [1.807, 2.05) is 0 Å². The van der Waals surface area contributed by atoms with Crippen LogP contribution in [-0.2, 0) is 12.5 Å². The van der Waals surface area contributed by atoms with Gasteiger partial charge in [0.25, 0.3) is 0 Å². The molecule has 2 aromatic rings. The molecule has 2 nitrogen and oxygen atoms in total. The van der Waals surface area contributed by atoms with E-state index in [0.717, 1.165) is 6.54 Å². The molecule has 96 valence electrons. The van der Waals surface area contributed by atoms with Crippen molar-refractivity contribution in [2.24, 2.45) is 12.8 Å². The van der Waals surface area contributed by atoms with Crippen molar-refractivity contribution >= 4 is 10.9 Å². The number of benzene rings is 1. The maximum Gasteiger partial charge on any atom is 0.0512 e. The first-order valence-corrected chi connectivity index (χ1v) is 6.77. The van der Waals surface area contributed by atoms with Crippen molar-refractivity contribution in [3.05, 3.63) is 34.5 Å². The van der Waals surface area contributed by atoms with Crippen molar-refractivity contribution in [3.8, 4) is 0 Å². The zero-order chi connectivity index (χ0) is 13.1. The fraction of sp³-hybridized carbons (Fsp3) is 0.500. The maximum atomic E-state index is 6.04. The number of nitrogens with zero attached hydrogens (tertiary/aromatic N) is 1. The van der Waals surface area contributed by atoms with Crippen LogP contribution in [0.3, 0.4) is 0 Å². The van der Waals surface area contributed by atoms with E-state index in [1.165, 1.54) is 46.1 Å². The highest BCUT2D eigenvalue weighted by molar-refractivity contribution is 5.90. The summed E-state index contributed by atoms with van der Waals surface area (Å²) in [5, 5.41) is 1.43. The van der Waals surface area contributed by atoms with Crippen LogP contribution in [0.25, 0.3) is 10.9 Å². The molecule has 2 N–H and O–H groups in total. The highest BCUT2D eigenvalue weighted by Gasteiger charge is 2.46. The molecule has 1 aliphatic rings. The van der Waals surface area contributed by atoms with Gasteiger partial charge in [0.2, 0.25) is 0 Å². The van der Waals surface area contributed by atoms with Crippen LogP contribution in [0.2, 0.25) is 0 Å². The molecular weight excluding hydrogens is 220 g/mol. The van der Waals surface area contributed by atoms with Crippen LogP contribution in [0.4, 0.5) is 0 Å². The number of hydrogen-bond acceptors (Lipinski definition) is 1. The van der Waals surface area contributed by atoms with E-state index in [9.17, 15) is 0 Å². The topological polar surface area (TPSA) is 30.9 Å². The number of aromatic nitrogens is 1. The first-order chi connectivity index (χ1) is 8.50. The van der Waals surface area contributed by atoms with E-state index >= 15 is 0 Å². The SMILES string of the molecule is Cc1cc(C)c2c(c1)c(C1(CN)CC1)c(C)n2C. The lowest BCUT2D eigenvalue weighted by Crippen LogP contribution is -2.20. The summed E-state index contributed by atoms with van der Waals surface area (Å²) >= 11 is 0. The molecule has 0 atom stereocenters. The van der Waals surface area contributed by atoms with Crippen LogP contribution in [-0.4, -0.2) is 11.1 Å². The summed E-state index contributed by atoms with van der Waals surface area (Å²) in [4.78, 5) is 0. The Morgan fingerprint density at radius 3 is 2.44 bits per heavy atom. The Balaban J connectivity index is 2.42. The van der Waals surface area contributed by atoms with Gasteiger partial charge in [-0.25, -0.2) is 0 Å². The monoisotopic (exact) mass is 242 g/mol. The average Bonchev–Trinajstić information content (AvgIpc) is 3.04. The number of rotatable bonds is 2. The molecule has 1 aromatic heterocycles. The van der Waals surface area contributed by atoms with Crippen molar-refractivity contribution < 1.29 is 0 Å². The highest BCUT2D eigenvalue weighted by Crippen LogP contribution is 2.51. The second-order valence-corrected chi connectivity index (χ2v) is 5.98. The third kappa shape index (κ3) is 1.39. The van der Waals surface area contributed by atoms with Gasteiger partial charge in [-0.3, -0.25) is 0 Å². The normalized spacial score (nSPS) is 17.4. The third-order valence-corrected chi connectivity index (χ3v) is 4.69. The Kier molecular flexibility index (Phi) is 2.36.